The van der Waals surface area contributed by atoms with E-state index in [9.17, 15) is 28.1 Å². The number of nitro benzene ring substituents is 1. The SMILES string of the molecule is O=C1S/C(=C\c2ccc(OS(=O)(=O)c3ccc([N+](=O)[O-])cc3)cc2)C(=O)N1Cc1ccc(Cl)c(Cl)c1. The van der Waals surface area contributed by atoms with Gasteiger partial charge < -0.3 is 4.18 Å². The van der Waals surface area contributed by atoms with E-state index in [1.54, 1.807) is 18.2 Å². The number of benzene rings is 3. The van der Waals surface area contributed by atoms with E-state index in [-0.39, 0.29) is 27.8 Å². The van der Waals surface area contributed by atoms with Crippen molar-refractivity contribution in [3.05, 3.63) is 103 Å². The molecular weight excluding hydrogens is 551 g/mol. The molecule has 4 rings (SSSR count). The van der Waals surface area contributed by atoms with Crippen LogP contribution in [-0.4, -0.2) is 29.4 Å². The summed E-state index contributed by atoms with van der Waals surface area (Å²) in [5.41, 5.74) is 0.929. The van der Waals surface area contributed by atoms with Crippen LogP contribution in [0.5, 0.6) is 5.75 Å². The molecule has 0 unspecified atom stereocenters. The van der Waals surface area contributed by atoms with E-state index in [0.29, 0.717) is 21.2 Å². The maximum atomic E-state index is 12.8. The lowest BCUT2D eigenvalue weighted by molar-refractivity contribution is -0.384. The van der Waals surface area contributed by atoms with Gasteiger partial charge in [0.05, 0.1) is 26.4 Å². The van der Waals surface area contributed by atoms with Crippen molar-refractivity contribution < 1.29 is 27.1 Å². The van der Waals surface area contributed by atoms with Gasteiger partial charge in [-0.25, -0.2) is 0 Å². The number of carbonyl (C=O) groups is 2. The topological polar surface area (TPSA) is 124 Å². The third-order valence-electron chi connectivity index (χ3n) is 4.92. The molecule has 184 valence electrons. The molecule has 0 atom stereocenters. The molecule has 3 aromatic carbocycles. The first-order chi connectivity index (χ1) is 17.0. The van der Waals surface area contributed by atoms with Crippen LogP contribution in [-0.2, 0) is 21.5 Å². The number of nitrogens with zero attached hydrogens (tertiary/aromatic N) is 2. The van der Waals surface area contributed by atoms with Crippen molar-refractivity contribution in [3.8, 4) is 5.75 Å². The molecule has 2 amide bonds. The molecule has 0 aromatic heterocycles. The Morgan fingerprint density at radius 3 is 2.25 bits per heavy atom. The van der Waals surface area contributed by atoms with Gasteiger partial charge in [0, 0.05) is 12.1 Å². The number of hydrogen-bond donors (Lipinski definition) is 0. The van der Waals surface area contributed by atoms with Crippen LogP contribution in [0.3, 0.4) is 0 Å². The van der Waals surface area contributed by atoms with Gasteiger partial charge >= 0.3 is 10.1 Å². The van der Waals surface area contributed by atoms with E-state index < -0.39 is 26.2 Å². The summed E-state index contributed by atoms with van der Waals surface area (Å²) in [6.45, 7) is 0.0339. The quantitative estimate of drug-likeness (QED) is 0.150. The van der Waals surface area contributed by atoms with Gasteiger partial charge in [-0.15, -0.1) is 0 Å². The summed E-state index contributed by atoms with van der Waals surface area (Å²) < 4.78 is 30.0. The van der Waals surface area contributed by atoms with Gasteiger partial charge in [0.15, 0.2) is 0 Å². The minimum absolute atomic E-state index is 0.00164. The summed E-state index contributed by atoms with van der Waals surface area (Å²) in [5.74, 6) is -0.477. The minimum Gasteiger partial charge on any atom is -0.379 e. The summed E-state index contributed by atoms with van der Waals surface area (Å²) in [4.78, 5) is 36.3. The lowest BCUT2D eigenvalue weighted by Gasteiger charge is -2.12. The second kappa shape index (κ2) is 10.3. The number of nitro groups is 1. The van der Waals surface area contributed by atoms with Crippen molar-refractivity contribution >= 4 is 68.0 Å². The van der Waals surface area contributed by atoms with E-state index in [2.05, 4.69) is 0 Å². The van der Waals surface area contributed by atoms with Crippen LogP contribution in [0.4, 0.5) is 10.5 Å². The maximum Gasteiger partial charge on any atom is 0.339 e. The zero-order valence-corrected chi connectivity index (χ0v) is 21.1. The predicted octanol–water partition coefficient (Wildman–Crippen LogP) is 5.91. The van der Waals surface area contributed by atoms with Crippen LogP contribution in [0.1, 0.15) is 11.1 Å². The molecular formula is C23H14Cl2N2O7S2. The van der Waals surface area contributed by atoms with Gasteiger partial charge in [0.1, 0.15) is 10.6 Å². The van der Waals surface area contributed by atoms with Crippen molar-refractivity contribution in [2.45, 2.75) is 11.4 Å². The van der Waals surface area contributed by atoms with Gasteiger partial charge in [0.2, 0.25) is 0 Å². The summed E-state index contributed by atoms with van der Waals surface area (Å²) in [7, 11) is -4.22. The van der Waals surface area contributed by atoms with Gasteiger partial charge in [0.25, 0.3) is 16.8 Å². The first-order valence-electron chi connectivity index (χ1n) is 10.0. The number of carbonyl (C=O) groups excluding carboxylic acids is 2. The van der Waals surface area contributed by atoms with Crippen LogP contribution in [0.25, 0.3) is 6.08 Å². The van der Waals surface area contributed by atoms with E-state index in [1.165, 1.54) is 30.3 Å². The van der Waals surface area contributed by atoms with Crippen molar-refractivity contribution in [2.24, 2.45) is 0 Å². The van der Waals surface area contributed by atoms with Crippen LogP contribution < -0.4 is 4.18 Å². The molecule has 1 saturated heterocycles. The van der Waals surface area contributed by atoms with Gasteiger partial charge in [-0.05, 0) is 65.4 Å². The summed E-state index contributed by atoms with van der Waals surface area (Å²) in [6.07, 6.45) is 1.51. The fourth-order valence-corrected chi connectivity index (χ4v) is 5.23. The fourth-order valence-electron chi connectivity index (χ4n) is 3.14. The number of amides is 2. The third-order valence-corrected chi connectivity index (χ3v) is 7.83. The molecule has 9 nitrogen and oxygen atoms in total. The molecule has 1 aliphatic heterocycles. The fraction of sp³-hybridized carbons (Fsp3) is 0.0435. The Morgan fingerprint density at radius 1 is 0.972 bits per heavy atom. The van der Waals surface area contributed by atoms with E-state index >= 15 is 0 Å². The molecule has 1 aliphatic rings. The average Bonchev–Trinajstić information content (AvgIpc) is 3.09. The number of halogens is 2. The maximum absolute atomic E-state index is 12.8. The Bertz CT molecular complexity index is 1510. The Kier molecular flexibility index (Phi) is 7.36. The van der Waals surface area contributed by atoms with Crippen molar-refractivity contribution in [3.63, 3.8) is 0 Å². The lowest BCUT2D eigenvalue weighted by Crippen LogP contribution is -2.27. The van der Waals surface area contributed by atoms with Crippen molar-refractivity contribution in [2.75, 3.05) is 0 Å². The second-order valence-electron chi connectivity index (χ2n) is 7.37. The van der Waals surface area contributed by atoms with Gasteiger partial charge in [-0.3, -0.25) is 24.6 Å². The van der Waals surface area contributed by atoms with E-state index in [0.717, 1.165) is 40.9 Å². The molecule has 1 fully saturated rings. The van der Waals surface area contributed by atoms with Crippen molar-refractivity contribution in [1.82, 2.24) is 4.90 Å². The molecule has 3 aromatic rings. The zero-order chi connectivity index (χ0) is 26.0. The largest absolute Gasteiger partial charge is 0.379 e. The van der Waals surface area contributed by atoms with Crippen LogP contribution in [0.2, 0.25) is 10.0 Å². The summed E-state index contributed by atoms with van der Waals surface area (Å²) in [6, 6.07) is 14.9. The Labute approximate surface area is 219 Å². The Balaban J connectivity index is 1.45. The smallest absolute Gasteiger partial charge is 0.339 e. The highest BCUT2D eigenvalue weighted by Crippen LogP contribution is 2.34. The number of rotatable bonds is 7. The molecule has 0 saturated carbocycles. The normalized spacial score (nSPS) is 14.9. The first-order valence-corrected chi connectivity index (χ1v) is 13.0. The molecule has 0 spiro atoms. The standard InChI is InChI=1S/C23H14Cl2N2O7S2/c24-19-10-3-15(11-20(19)25)13-26-22(28)21(35-23(26)29)12-14-1-6-17(7-2-14)34-36(32,33)18-8-4-16(5-9-18)27(30)31/h1-12H,13H2/b21-12-. The number of non-ortho nitro benzene ring substituents is 1. The average molecular weight is 565 g/mol. The summed E-state index contributed by atoms with van der Waals surface area (Å²) >= 11 is 12.7. The lowest BCUT2D eigenvalue weighted by atomic mass is 10.2. The molecule has 0 N–H and O–H groups in total. The number of thioether (sulfide) groups is 1. The Hall–Kier alpha value is -3.38. The van der Waals surface area contributed by atoms with Crippen LogP contribution >= 0.6 is 35.0 Å². The molecule has 13 heteroatoms. The number of imide groups is 1. The van der Waals surface area contributed by atoms with E-state index in [1.807, 2.05) is 0 Å². The third kappa shape index (κ3) is 5.71. The van der Waals surface area contributed by atoms with Crippen LogP contribution in [0, 0.1) is 10.1 Å². The van der Waals surface area contributed by atoms with E-state index in [4.69, 9.17) is 27.4 Å². The highest BCUT2D eigenvalue weighted by atomic mass is 35.5. The second-order valence-corrected chi connectivity index (χ2v) is 10.7. The first kappa shape index (κ1) is 25.7. The zero-order valence-electron chi connectivity index (χ0n) is 18.0. The predicted molar refractivity (Wildman–Crippen MR) is 135 cm³/mol. The summed E-state index contributed by atoms with van der Waals surface area (Å²) in [5, 5.41) is 11.0. The molecule has 0 radical (unpaired) electrons. The molecule has 1 heterocycles. The molecule has 36 heavy (non-hydrogen) atoms. The minimum atomic E-state index is -4.22. The van der Waals surface area contributed by atoms with Crippen molar-refractivity contribution in [1.29, 1.82) is 0 Å². The van der Waals surface area contributed by atoms with Crippen LogP contribution in [0.15, 0.2) is 76.5 Å². The highest BCUT2D eigenvalue weighted by Gasteiger charge is 2.35. The molecule has 0 aliphatic carbocycles. The highest BCUT2D eigenvalue weighted by molar-refractivity contribution is 8.18. The Morgan fingerprint density at radius 2 is 1.64 bits per heavy atom. The number of hydrogen-bond acceptors (Lipinski definition) is 8. The monoisotopic (exact) mass is 564 g/mol. The molecule has 0 bridgehead atoms. The van der Waals surface area contributed by atoms with Gasteiger partial charge in [-0.1, -0.05) is 41.4 Å². The van der Waals surface area contributed by atoms with Gasteiger partial charge in [-0.2, -0.15) is 8.42 Å².